The molecule has 9 N–H and O–H groups in total. The smallest absolute Gasteiger partial charge is 0.407 e. The highest BCUT2D eigenvalue weighted by atomic mass is 16.6. The number of carbonyl (C=O) groups is 6. The molecule has 0 aliphatic rings. The molecule has 0 spiro atoms. The van der Waals surface area contributed by atoms with E-state index >= 15 is 0 Å². The monoisotopic (exact) mass is 837 g/mol. The number of benzene rings is 2. The highest BCUT2D eigenvalue weighted by Gasteiger charge is 2.33. The number of guanidine groups is 1. The predicted molar refractivity (Wildman–Crippen MR) is 231 cm³/mol. The zero-order valence-electron chi connectivity index (χ0n) is 36.7. The number of ketones is 2. The van der Waals surface area contributed by atoms with Gasteiger partial charge in [0, 0.05) is 43.7 Å². The Bertz CT molecular complexity index is 1770. The van der Waals surface area contributed by atoms with Gasteiger partial charge in [-0.25, -0.2) is 4.79 Å². The van der Waals surface area contributed by atoms with Gasteiger partial charge < -0.3 is 42.4 Å². The molecule has 0 saturated heterocycles. The molecule has 15 heteroatoms. The summed E-state index contributed by atoms with van der Waals surface area (Å²) in [5.41, 5.74) is 18.3. The van der Waals surface area contributed by atoms with E-state index in [1.54, 1.807) is 67.5 Å². The summed E-state index contributed by atoms with van der Waals surface area (Å²) in [4.78, 5) is 84.7. The number of alkyl carbamates (subject to hydrolysis) is 1. The summed E-state index contributed by atoms with van der Waals surface area (Å²) in [5, 5.41) is 15.9. The van der Waals surface area contributed by atoms with Crippen LogP contribution < -0.4 is 27.8 Å². The zero-order valence-corrected chi connectivity index (χ0v) is 36.7. The van der Waals surface area contributed by atoms with Crippen molar-refractivity contribution in [2.45, 2.75) is 137 Å². The fourth-order valence-corrected chi connectivity index (χ4v) is 6.85. The normalized spacial score (nSPS) is 13.5. The van der Waals surface area contributed by atoms with E-state index in [-0.39, 0.29) is 75.5 Å². The van der Waals surface area contributed by atoms with Crippen LogP contribution in [0, 0.1) is 31.6 Å². The van der Waals surface area contributed by atoms with Crippen molar-refractivity contribution in [2.24, 2.45) is 39.9 Å². The lowest BCUT2D eigenvalue weighted by Gasteiger charge is -2.26. The summed E-state index contributed by atoms with van der Waals surface area (Å²) in [6.45, 7) is 14.5. The molecule has 2 aromatic rings. The second-order valence-corrected chi connectivity index (χ2v) is 17.5. The van der Waals surface area contributed by atoms with E-state index in [1.807, 2.05) is 30.3 Å². The number of carbonyl (C=O) groups excluding carboxylic acids is 6. The fraction of sp³-hybridized carbons (Fsp3) is 0.578. The highest BCUT2D eigenvalue weighted by Crippen LogP contribution is 2.28. The number of aliphatic imine (C=N–C) groups is 1. The Kier molecular flexibility index (Phi) is 20.2. The van der Waals surface area contributed by atoms with E-state index in [0.717, 1.165) is 11.1 Å². The average Bonchev–Trinajstić information content (AvgIpc) is 3.11. The first-order valence-electron chi connectivity index (χ1n) is 20.7. The number of aromatic hydroxyl groups is 1. The lowest BCUT2D eigenvalue weighted by Crippen LogP contribution is -2.46. The Balaban J connectivity index is 2.47. The van der Waals surface area contributed by atoms with Crippen LogP contribution in [0.25, 0.3) is 0 Å². The molecule has 0 radical (unpaired) electrons. The topological polar surface area (TPSA) is 256 Å². The first-order chi connectivity index (χ1) is 27.9. The standard InChI is InChI=1S/C45H68N6O9/c1-28-21-34(52)22-29(2)35(28)24-33(26-37(53)31(17-14-20-49-42(47)48)27-39(55)59-44(3,4)5)41(57)51-36(18-12-13-19-50-43(58)60-45(6,7)8)38(54)25-32(40(46)56)23-30-15-10-9-11-16-30/h9-11,15-16,21-22,31-33,36,52H,12-14,17-20,23-27H2,1-8H3,(H2,46,56)(H,50,58)(H,51,57)(H4,47,48,49)/t31?,32-,33-,36+/m1/s1. The second-order valence-electron chi connectivity index (χ2n) is 17.5. The first kappa shape index (κ1) is 50.7. The summed E-state index contributed by atoms with van der Waals surface area (Å²) >= 11 is 0. The number of aryl methyl sites for hydroxylation is 2. The van der Waals surface area contributed by atoms with Crippen molar-refractivity contribution in [1.82, 2.24) is 10.6 Å². The van der Waals surface area contributed by atoms with E-state index in [4.69, 9.17) is 26.7 Å². The summed E-state index contributed by atoms with van der Waals surface area (Å²) in [7, 11) is 0. The summed E-state index contributed by atoms with van der Waals surface area (Å²) < 4.78 is 10.9. The highest BCUT2D eigenvalue weighted by molar-refractivity contribution is 5.94. The van der Waals surface area contributed by atoms with E-state index in [2.05, 4.69) is 15.6 Å². The minimum Gasteiger partial charge on any atom is -0.508 e. The molecule has 4 atom stereocenters. The molecule has 0 bridgehead atoms. The Morgan fingerprint density at radius 1 is 0.733 bits per heavy atom. The van der Waals surface area contributed by atoms with Crippen molar-refractivity contribution < 1.29 is 43.3 Å². The molecule has 3 amide bonds. The number of nitrogens with two attached hydrogens (primary N) is 3. The minimum absolute atomic E-state index is 0.0513. The maximum absolute atomic E-state index is 14.5. The van der Waals surface area contributed by atoms with Gasteiger partial charge in [-0.1, -0.05) is 30.3 Å². The number of Topliss-reactive ketones (excluding diaryl/α,β-unsaturated/α-hetero) is 2. The summed E-state index contributed by atoms with van der Waals surface area (Å²) in [6, 6.07) is 11.2. The SMILES string of the molecule is Cc1cc(O)cc(C)c1C[C@H](CC(=O)C(CCCN=C(N)N)CC(=O)OC(C)(C)C)C(=O)N[C@@H](CCCCNC(=O)OC(C)(C)C)C(=O)C[C@@H](Cc1ccccc1)C(N)=O. The van der Waals surface area contributed by atoms with Gasteiger partial charge in [0.15, 0.2) is 11.7 Å². The lowest BCUT2D eigenvalue weighted by molar-refractivity contribution is -0.157. The largest absolute Gasteiger partial charge is 0.508 e. The zero-order chi connectivity index (χ0) is 45.2. The Labute approximate surface area is 355 Å². The van der Waals surface area contributed by atoms with E-state index in [1.165, 1.54) is 0 Å². The molecular formula is C45H68N6O9. The van der Waals surface area contributed by atoms with Crippen LogP contribution in [0.4, 0.5) is 4.79 Å². The van der Waals surface area contributed by atoms with Crippen molar-refractivity contribution in [1.29, 1.82) is 0 Å². The maximum Gasteiger partial charge on any atom is 0.407 e. The van der Waals surface area contributed by atoms with Gasteiger partial charge >= 0.3 is 12.1 Å². The molecule has 15 nitrogen and oxygen atoms in total. The Hall–Kier alpha value is -5.47. The number of hydrogen-bond acceptors (Lipinski definition) is 10. The van der Waals surface area contributed by atoms with Crippen molar-refractivity contribution in [3.63, 3.8) is 0 Å². The van der Waals surface area contributed by atoms with E-state index in [0.29, 0.717) is 30.4 Å². The number of amides is 3. The van der Waals surface area contributed by atoms with Crippen molar-refractivity contribution in [2.75, 3.05) is 13.1 Å². The third kappa shape index (κ3) is 20.0. The number of phenolic OH excluding ortho intramolecular Hbond substituents is 1. The fourth-order valence-electron chi connectivity index (χ4n) is 6.85. The average molecular weight is 837 g/mol. The quantitative estimate of drug-likeness (QED) is 0.0355. The molecule has 2 rings (SSSR count). The number of hydrogen-bond donors (Lipinski definition) is 6. The third-order valence-electron chi connectivity index (χ3n) is 9.71. The van der Waals surface area contributed by atoms with Gasteiger partial charge in [0.2, 0.25) is 11.8 Å². The van der Waals surface area contributed by atoms with Crippen molar-refractivity contribution in [3.8, 4) is 5.75 Å². The Morgan fingerprint density at radius 2 is 1.33 bits per heavy atom. The molecular weight excluding hydrogens is 769 g/mol. The maximum atomic E-state index is 14.5. The number of ether oxygens (including phenoxy) is 2. The van der Waals surface area contributed by atoms with Gasteiger partial charge in [0.25, 0.3) is 0 Å². The molecule has 0 heterocycles. The number of esters is 1. The number of primary amides is 1. The van der Waals surface area contributed by atoms with Crippen molar-refractivity contribution in [3.05, 3.63) is 64.7 Å². The van der Waals surface area contributed by atoms with Crippen LogP contribution in [0.3, 0.4) is 0 Å². The van der Waals surface area contributed by atoms with E-state index in [9.17, 15) is 33.9 Å². The van der Waals surface area contributed by atoms with Crippen LogP contribution in [-0.4, -0.2) is 76.8 Å². The number of rotatable bonds is 24. The number of unbranched alkanes of at least 4 members (excludes halogenated alkanes) is 1. The lowest BCUT2D eigenvalue weighted by atomic mass is 9.83. The van der Waals surface area contributed by atoms with Gasteiger partial charge in [-0.3, -0.25) is 29.0 Å². The van der Waals surface area contributed by atoms with Gasteiger partial charge in [-0.05, 0) is 135 Å². The molecule has 0 fully saturated rings. The molecule has 0 aliphatic heterocycles. The summed E-state index contributed by atoms with van der Waals surface area (Å²) in [5.74, 6) is -5.29. The van der Waals surface area contributed by atoms with Crippen LogP contribution in [0.1, 0.15) is 115 Å². The molecule has 2 aromatic carbocycles. The number of nitrogens with zero attached hydrogens (tertiary/aromatic N) is 1. The van der Waals surface area contributed by atoms with Crippen LogP contribution >= 0.6 is 0 Å². The van der Waals surface area contributed by atoms with Crippen LogP contribution in [0.15, 0.2) is 47.5 Å². The van der Waals surface area contributed by atoms with Gasteiger partial charge in [0.1, 0.15) is 22.7 Å². The Morgan fingerprint density at radius 3 is 1.90 bits per heavy atom. The van der Waals surface area contributed by atoms with Crippen molar-refractivity contribution >= 4 is 41.4 Å². The minimum atomic E-state index is -1.06. The first-order valence-corrected chi connectivity index (χ1v) is 20.7. The molecule has 0 aromatic heterocycles. The van der Waals surface area contributed by atoms with Gasteiger partial charge in [-0.15, -0.1) is 0 Å². The van der Waals surface area contributed by atoms with Gasteiger partial charge in [-0.2, -0.15) is 0 Å². The molecule has 332 valence electrons. The van der Waals surface area contributed by atoms with Gasteiger partial charge in [0.05, 0.1) is 12.5 Å². The molecule has 60 heavy (non-hydrogen) atoms. The summed E-state index contributed by atoms with van der Waals surface area (Å²) in [6.07, 6.45) is 0.632. The predicted octanol–water partition coefficient (Wildman–Crippen LogP) is 5.01. The number of nitrogens with one attached hydrogen (secondary N) is 2. The van der Waals surface area contributed by atoms with Crippen LogP contribution in [-0.2, 0) is 46.3 Å². The van der Waals surface area contributed by atoms with Crippen LogP contribution in [0.5, 0.6) is 5.75 Å². The van der Waals surface area contributed by atoms with Crippen LogP contribution in [0.2, 0.25) is 0 Å². The molecule has 0 aliphatic carbocycles. The van der Waals surface area contributed by atoms with E-state index < -0.39 is 64.7 Å². The third-order valence-corrected chi connectivity index (χ3v) is 9.71. The molecule has 1 unspecified atom stereocenters. The molecule has 0 saturated carbocycles. The number of phenols is 1. The second kappa shape index (κ2) is 24.0.